The van der Waals surface area contributed by atoms with Crippen molar-refractivity contribution in [1.29, 1.82) is 0 Å². The molecule has 0 aliphatic carbocycles. The Morgan fingerprint density at radius 3 is 2.29 bits per heavy atom. The van der Waals surface area contributed by atoms with Crippen LogP contribution in [-0.2, 0) is 11.3 Å². The van der Waals surface area contributed by atoms with Crippen molar-refractivity contribution in [2.75, 3.05) is 26.7 Å². The zero-order valence-electron chi connectivity index (χ0n) is 18.2. The summed E-state index contributed by atoms with van der Waals surface area (Å²) in [6.45, 7) is 5.24. The van der Waals surface area contributed by atoms with Crippen molar-refractivity contribution < 1.29 is 13.9 Å². The van der Waals surface area contributed by atoms with Gasteiger partial charge in [-0.15, -0.1) is 0 Å². The van der Waals surface area contributed by atoms with Gasteiger partial charge in [0.15, 0.2) is 5.96 Å². The Kier molecular flexibility index (Phi) is 8.27. The van der Waals surface area contributed by atoms with Crippen LogP contribution in [0.3, 0.4) is 0 Å². The Hall–Kier alpha value is -3.09. The number of carbonyl (C=O) groups excluding carboxylic acids is 1. The first-order valence-electron chi connectivity index (χ1n) is 10.8. The summed E-state index contributed by atoms with van der Waals surface area (Å²) in [6.07, 6.45) is 2.59. The number of nitrogens with one attached hydrogen (secondary N) is 2. The summed E-state index contributed by atoms with van der Waals surface area (Å²) in [6, 6.07) is 13.7. The molecule has 0 bridgehead atoms. The van der Waals surface area contributed by atoms with Gasteiger partial charge in [0, 0.05) is 33.1 Å². The fourth-order valence-electron chi connectivity index (χ4n) is 3.61. The Balaban J connectivity index is 1.55. The number of aliphatic imine (C=N–C) groups is 1. The lowest BCUT2D eigenvalue weighted by molar-refractivity contribution is -0.121. The Bertz CT molecular complexity index is 860. The molecule has 0 unspecified atom stereocenters. The highest BCUT2D eigenvalue weighted by Crippen LogP contribution is 2.23. The molecule has 7 heteroatoms. The second-order valence-corrected chi connectivity index (χ2v) is 7.68. The average molecular weight is 427 g/mol. The highest BCUT2D eigenvalue weighted by molar-refractivity contribution is 5.80. The summed E-state index contributed by atoms with van der Waals surface area (Å²) in [4.78, 5) is 18.7. The highest BCUT2D eigenvalue weighted by atomic mass is 19.1. The summed E-state index contributed by atoms with van der Waals surface area (Å²) in [5, 5.41) is 6.09. The Morgan fingerprint density at radius 1 is 1.10 bits per heavy atom. The van der Waals surface area contributed by atoms with Crippen LogP contribution in [0.4, 0.5) is 4.39 Å². The SMILES string of the molecule is CCNC(=NCc1ccc(Oc2ccc(F)cc2)cc1)N1CCC(CC(=O)NC)CC1. The summed E-state index contributed by atoms with van der Waals surface area (Å²) in [7, 11) is 1.69. The Morgan fingerprint density at radius 2 is 1.71 bits per heavy atom. The second-order valence-electron chi connectivity index (χ2n) is 7.68. The number of hydrogen-bond donors (Lipinski definition) is 2. The first-order valence-corrected chi connectivity index (χ1v) is 10.8. The van der Waals surface area contributed by atoms with E-state index < -0.39 is 0 Å². The third-order valence-corrected chi connectivity index (χ3v) is 5.39. The molecule has 31 heavy (non-hydrogen) atoms. The molecule has 2 N–H and O–H groups in total. The lowest BCUT2D eigenvalue weighted by Crippen LogP contribution is -2.46. The van der Waals surface area contributed by atoms with Gasteiger partial charge in [0.25, 0.3) is 0 Å². The van der Waals surface area contributed by atoms with E-state index >= 15 is 0 Å². The van der Waals surface area contributed by atoms with Crippen LogP contribution in [0.5, 0.6) is 11.5 Å². The molecule has 1 saturated heterocycles. The van der Waals surface area contributed by atoms with Crippen LogP contribution < -0.4 is 15.4 Å². The third-order valence-electron chi connectivity index (χ3n) is 5.39. The van der Waals surface area contributed by atoms with Gasteiger partial charge in [-0.3, -0.25) is 4.79 Å². The minimum Gasteiger partial charge on any atom is -0.457 e. The van der Waals surface area contributed by atoms with Crippen LogP contribution in [0.15, 0.2) is 53.5 Å². The predicted molar refractivity (Wildman–Crippen MR) is 121 cm³/mol. The van der Waals surface area contributed by atoms with Gasteiger partial charge in [0.05, 0.1) is 6.54 Å². The van der Waals surface area contributed by atoms with Gasteiger partial charge in [-0.2, -0.15) is 0 Å². The molecule has 0 radical (unpaired) electrons. The number of ether oxygens (including phenoxy) is 1. The largest absolute Gasteiger partial charge is 0.457 e. The molecule has 3 rings (SSSR count). The van der Waals surface area contributed by atoms with Crippen LogP contribution >= 0.6 is 0 Å². The summed E-state index contributed by atoms with van der Waals surface area (Å²) in [5.74, 6) is 2.48. The molecule has 166 valence electrons. The molecule has 2 aromatic carbocycles. The van der Waals surface area contributed by atoms with E-state index in [0.29, 0.717) is 30.4 Å². The minimum absolute atomic E-state index is 0.117. The van der Waals surface area contributed by atoms with E-state index in [4.69, 9.17) is 9.73 Å². The monoisotopic (exact) mass is 426 g/mol. The number of likely N-dealkylation sites (tertiary alicyclic amines) is 1. The minimum atomic E-state index is -0.285. The Labute approximate surface area is 183 Å². The molecule has 0 atom stereocenters. The number of guanidine groups is 1. The molecular weight excluding hydrogens is 395 g/mol. The molecule has 1 aliphatic heterocycles. The van der Waals surface area contributed by atoms with E-state index in [1.165, 1.54) is 12.1 Å². The summed E-state index contributed by atoms with van der Waals surface area (Å²) < 4.78 is 18.8. The average Bonchev–Trinajstić information content (AvgIpc) is 2.79. The molecule has 1 heterocycles. The van der Waals surface area contributed by atoms with Crippen molar-refractivity contribution in [3.8, 4) is 11.5 Å². The molecule has 0 saturated carbocycles. The van der Waals surface area contributed by atoms with Crippen molar-refractivity contribution >= 4 is 11.9 Å². The molecule has 2 aromatic rings. The van der Waals surface area contributed by atoms with E-state index in [1.807, 2.05) is 24.3 Å². The molecule has 1 fully saturated rings. The standard InChI is InChI=1S/C24H31FN4O2/c1-3-27-24(29-14-12-18(13-15-29)16-23(30)26-2)28-17-19-4-8-21(9-5-19)31-22-10-6-20(25)7-11-22/h4-11,18H,3,12-17H2,1-2H3,(H,26,30)(H,27,28). The molecular formula is C24H31FN4O2. The van der Waals surface area contributed by atoms with Crippen molar-refractivity contribution in [2.45, 2.75) is 32.7 Å². The van der Waals surface area contributed by atoms with Gasteiger partial charge in [-0.25, -0.2) is 9.38 Å². The second kappa shape index (κ2) is 11.3. The maximum Gasteiger partial charge on any atom is 0.220 e. The van der Waals surface area contributed by atoms with Crippen LogP contribution in [-0.4, -0.2) is 43.4 Å². The van der Waals surface area contributed by atoms with E-state index in [9.17, 15) is 9.18 Å². The number of carbonyl (C=O) groups is 1. The fourth-order valence-corrected chi connectivity index (χ4v) is 3.61. The van der Waals surface area contributed by atoms with E-state index in [-0.39, 0.29) is 11.7 Å². The zero-order chi connectivity index (χ0) is 22.1. The first-order chi connectivity index (χ1) is 15.1. The van der Waals surface area contributed by atoms with Gasteiger partial charge >= 0.3 is 0 Å². The first kappa shape index (κ1) is 22.6. The summed E-state index contributed by atoms with van der Waals surface area (Å²) in [5.41, 5.74) is 1.08. The van der Waals surface area contributed by atoms with Crippen LogP contribution in [0, 0.1) is 11.7 Å². The van der Waals surface area contributed by atoms with Crippen molar-refractivity contribution in [2.24, 2.45) is 10.9 Å². The molecule has 1 amide bonds. The van der Waals surface area contributed by atoms with E-state index in [1.54, 1.807) is 19.2 Å². The maximum absolute atomic E-state index is 13.0. The van der Waals surface area contributed by atoms with Crippen LogP contribution in [0.1, 0.15) is 31.7 Å². The van der Waals surface area contributed by atoms with Gasteiger partial charge in [-0.1, -0.05) is 12.1 Å². The van der Waals surface area contributed by atoms with Gasteiger partial charge in [0.2, 0.25) is 5.91 Å². The third kappa shape index (κ3) is 6.98. The van der Waals surface area contributed by atoms with Crippen molar-refractivity contribution in [1.82, 2.24) is 15.5 Å². The topological polar surface area (TPSA) is 66.0 Å². The fraction of sp³-hybridized carbons (Fsp3) is 0.417. The quantitative estimate of drug-likeness (QED) is 0.520. The number of benzene rings is 2. The smallest absolute Gasteiger partial charge is 0.220 e. The van der Waals surface area contributed by atoms with Crippen LogP contribution in [0.2, 0.25) is 0 Å². The number of piperidine rings is 1. The predicted octanol–water partition coefficient (Wildman–Crippen LogP) is 3.93. The number of nitrogens with zero attached hydrogens (tertiary/aromatic N) is 2. The van der Waals surface area contributed by atoms with Crippen molar-refractivity contribution in [3.63, 3.8) is 0 Å². The van der Waals surface area contributed by atoms with Gasteiger partial charge in [-0.05, 0) is 67.6 Å². The molecule has 6 nitrogen and oxygen atoms in total. The molecule has 1 aliphatic rings. The zero-order valence-corrected chi connectivity index (χ0v) is 18.2. The summed E-state index contributed by atoms with van der Waals surface area (Å²) >= 11 is 0. The van der Waals surface area contributed by atoms with Gasteiger partial charge < -0.3 is 20.3 Å². The lowest BCUT2D eigenvalue weighted by Gasteiger charge is -2.34. The molecule has 0 aromatic heterocycles. The number of amides is 1. The highest BCUT2D eigenvalue weighted by Gasteiger charge is 2.23. The van der Waals surface area contributed by atoms with Crippen molar-refractivity contribution in [3.05, 3.63) is 59.9 Å². The molecule has 0 spiro atoms. The number of halogens is 1. The van der Waals surface area contributed by atoms with E-state index in [0.717, 1.165) is 44.0 Å². The van der Waals surface area contributed by atoms with E-state index in [2.05, 4.69) is 22.5 Å². The van der Waals surface area contributed by atoms with Crippen LogP contribution in [0.25, 0.3) is 0 Å². The number of hydrogen-bond acceptors (Lipinski definition) is 3. The normalized spacial score (nSPS) is 14.9. The maximum atomic E-state index is 13.0. The van der Waals surface area contributed by atoms with Gasteiger partial charge in [0.1, 0.15) is 17.3 Å². The number of rotatable bonds is 7. The lowest BCUT2D eigenvalue weighted by atomic mass is 9.93.